The van der Waals surface area contributed by atoms with E-state index in [0.29, 0.717) is 0 Å². The number of rotatable bonds is 4. The molecule has 0 amide bonds. The van der Waals surface area contributed by atoms with Gasteiger partial charge in [-0.25, -0.2) is 0 Å². The van der Waals surface area contributed by atoms with Crippen molar-refractivity contribution in [2.45, 2.75) is 31.6 Å². The van der Waals surface area contributed by atoms with Crippen molar-refractivity contribution in [2.24, 2.45) is 0 Å². The molecule has 0 N–H and O–H groups in total. The first-order chi connectivity index (χ1) is 10.4. The molecule has 2 aliphatic rings. The number of fused-ring (bicyclic) bond motifs is 1. The molecule has 0 spiro atoms. The molecular formula is C18H27ClN2. The molecule has 0 saturated carbocycles. The molecule has 1 heterocycles. The lowest BCUT2D eigenvalue weighted by molar-refractivity contribution is 0.245. The van der Waals surface area contributed by atoms with Crippen LogP contribution in [0.15, 0.2) is 24.3 Å². The van der Waals surface area contributed by atoms with Crippen LogP contribution in [0.5, 0.6) is 0 Å². The number of nitrogens with zero attached hydrogens (tertiary/aromatic N) is 2. The van der Waals surface area contributed by atoms with Crippen molar-refractivity contribution in [1.29, 1.82) is 0 Å². The second kappa shape index (κ2) is 7.62. The number of aryl methyl sites for hydroxylation is 1. The van der Waals surface area contributed by atoms with E-state index >= 15 is 0 Å². The quantitative estimate of drug-likeness (QED) is 0.787. The molecule has 2 nitrogen and oxygen atoms in total. The van der Waals surface area contributed by atoms with Gasteiger partial charge in [-0.3, -0.25) is 0 Å². The molecule has 0 bridgehead atoms. The van der Waals surface area contributed by atoms with Crippen LogP contribution >= 0.6 is 11.6 Å². The number of halogens is 1. The van der Waals surface area contributed by atoms with E-state index in [9.17, 15) is 0 Å². The number of alkyl halides is 1. The Labute approximate surface area is 134 Å². The first-order valence-electron chi connectivity index (χ1n) is 8.45. The van der Waals surface area contributed by atoms with E-state index in [1.165, 1.54) is 58.4 Å². The fourth-order valence-electron chi connectivity index (χ4n) is 3.91. The summed E-state index contributed by atoms with van der Waals surface area (Å²) in [5.41, 5.74) is 3.21. The summed E-state index contributed by atoms with van der Waals surface area (Å²) in [6.45, 7) is 7.13. The summed E-state index contributed by atoms with van der Waals surface area (Å²) in [4.78, 5) is 5.20. The maximum atomic E-state index is 5.88. The molecule has 3 rings (SSSR count). The fraction of sp³-hybridized carbons (Fsp3) is 0.667. The van der Waals surface area contributed by atoms with Crippen LogP contribution in [0.3, 0.4) is 0 Å². The van der Waals surface area contributed by atoms with Crippen LogP contribution in [0, 0.1) is 0 Å². The predicted octanol–water partition coefficient (Wildman–Crippen LogP) is 3.35. The minimum absolute atomic E-state index is 0.745. The molecular weight excluding hydrogens is 280 g/mol. The number of hydrogen-bond donors (Lipinski definition) is 0. The predicted molar refractivity (Wildman–Crippen MR) is 90.3 cm³/mol. The Hall–Kier alpha value is -0.570. The molecule has 116 valence electrons. The summed E-state index contributed by atoms with van der Waals surface area (Å²) in [6.07, 6.45) is 5.27. The number of hydrogen-bond acceptors (Lipinski definition) is 2. The van der Waals surface area contributed by atoms with Crippen LogP contribution in [-0.2, 0) is 6.42 Å². The Balaban J connectivity index is 1.60. The third kappa shape index (κ3) is 4.00. The summed E-state index contributed by atoms with van der Waals surface area (Å²) >= 11 is 5.88. The molecule has 3 heteroatoms. The van der Waals surface area contributed by atoms with Crippen molar-refractivity contribution in [3.8, 4) is 0 Å². The summed E-state index contributed by atoms with van der Waals surface area (Å²) in [7, 11) is 0. The first kappa shape index (κ1) is 15.3. The molecule has 1 aliphatic carbocycles. The highest BCUT2D eigenvalue weighted by Crippen LogP contribution is 2.32. The van der Waals surface area contributed by atoms with Gasteiger partial charge in [-0.05, 0) is 55.8 Å². The Morgan fingerprint density at radius 2 is 1.81 bits per heavy atom. The fourth-order valence-corrected chi connectivity index (χ4v) is 4.14. The maximum Gasteiger partial charge on any atom is 0.0351 e. The molecule has 1 aliphatic heterocycles. The topological polar surface area (TPSA) is 6.48 Å². The normalized spacial score (nSPS) is 24.5. The SMILES string of the molecule is ClCCN1CCCN(CC2CCCc3ccccc32)CC1. The van der Waals surface area contributed by atoms with Crippen molar-refractivity contribution in [3.63, 3.8) is 0 Å². The van der Waals surface area contributed by atoms with E-state index in [1.807, 2.05) is 0 Å². The average Bonchev–Trinajstić information content (AvgIpc) is 2.74. The van der Waals surface area contributed by atoms with E-state index in [4.69, 9.17) is 11.6 Å². The Bertz CT molecular complexity index is 449. The lowest BCUT2D eigenvalue weighted by Crippen LogP contribution is -2.34. The van der Waals surface area contributed by atoms with Gasteiger partial charge >= 0.3 is 0 Å². The molecule has 21 heavy (non-hydrogen) atoms. The van der Waals surface area contributed by atoms with Crippen molar-refractivity contribution < 1.29 is 0 Å². The van der Waals surface area contributed by atoms with Gasteiger partial charge in [0.25, 0.3) is 0 Å². The molecule has 1 fully saturated rings. The Kier molecular flexibility index (Phi) is 5.56. The van der Waals surface area contributed by atoms with Crippen LogP contribution in [0.1, 0.15) is 36.3 Å². The molecule has 0 aromatic heterocycles. The third-order valence-corrected chi connectivity index (χ3v) is 5.22. The van der Waals surface area contributed by atoms with Gasteiger partial charge in [0.05, 0.1) is 0 Å². The van der Waals surface area contributed by atoms with Crippen LogP contribution < -0.4 is 0 Å². The van der Waals surface area contributed by atoms with Gasteiger partial charge < -0.3 is 9.80 Å². The highest BCUT2D eigenvalue weighted by Gasteiger charge is 2.23. The van der Waals surface area contributed by atoms with E-state index in [1.54, 1.807) is 11.1 Å². The van der Waals surface area contributed by atoms with Crippen LogP contribution in [0.2, 0.25) is 0 Å². The lowest BCUT2D eigenvalue weighted by Gasteiger charge is -2.31. The van der Waals surface area contributed by atoms with Crippen molar-refractivity contribution >= 4 is 11.6 Å². The Morgan fingerprint density at radius 1 is 1.00 bits per heavy atom. The van der Waals surface area contributed by atoms with Crippen LogP contribution in [0.4, 0.5) is 0 Å². The van der Waals surface area contributed by atoms with E-state index in [-0.39, 0.29) is 0 Å². The highest BCUT2D eigenvalue weighted by atomic mass is 35.5. The maximum absolute atomic E-state index is 5.88. The second-order valence-corrected chi connectivity index (χ2v) is 6.85. The molecule has 1 unspecified atom stereocenters. The zero-order chi connectivity index (χ0) is 14.5. The summed E-state index contributed by atoms with van der Waals surface area (Å²) in [6, 6.07) is 9.09. The molecule has 0 radical (unpaired) electrons. The van der Waals surface area contributed by atoms with Gasteiger partial charge in [0, 0.05) is 32.1 Å². The largest absolute Gasteiger partial charge is 0.301 e. The van der Waals surface area contributed by atoms with Crippen molar-refractivity contribution in [3.05, 3.63) is 35.4 Å². The monoisotopic (exact) mass is 306 g/mol. The Morgan fingerprint density at radius 3 is 2.71 bits per heavy atom. The summed E-state index contributed by atoms with van der Waals surface area (Å²) in [5, 5.41) is 0. The van der Waals surface area contributed by atoms with Gasteiger partial charge in [-0.2, -0.15) is 0 Å². The second-order valence-electron chi connectivity index (χ2n) is 6.47. The summed E-state index contributed by atoms with van der Waals surface area (Å²) in [5.74, 6) is 1.50. The van der Waals surface area contributed by atoms with Gasteiger partial charge in [0.15, 0.2) is 0 Å². The number of benzene rings is 1. The molecule has 1 aromatic rings. The van der Waals surface area contributed by atoms with E-state index in [0.717, 1.165) is 18.3 Å². The van der Waals surface area contributed by atoms with Gasteiger partial charge in [-0.15, -0.1) is 11.6 Å². The van der Waals surface area contributed by atoms with Gasteiger partial charge in [0.2, 0.25) is 0 Å². The van der Waals surface area contributed by atoms with Gasteiger partial charge in [-0.1, -0.05) is 24.3 Å². The standard InChI is InChI=1S/C18H27ClN2/c19-9-12-20-10-4-11-21(14-13-20)15-17-7-3-6-16-5-1-2-8-18(16)17/h1-2,5,8,17H,3-4,6-7,9-15H2. The highest BCUT2D eigenvalue weighted by molar-refractivity contribution is 6.18. The van der Waals surface area contributed by atoms with E-state index in [2.05, 4.69) is 34.1 Å². The zero-order valence-electron chi connectivity index (χ0n) is 12.9. The molecule has 1 aromatic carbocycles. The molecule has 1 atom stereocenters. The smallest absolute Gasteiger partial charge is 0.0351 e. The lowest BCUT2D eigenvalue weighted by atomic mass is 9.82. The molecule has 1 saturated heterocycles. The zero-order valence-corrected chi connectivity index (χ0v) is 13.7. The van der Waals surface area contributed by atoms with Gasteiger partial charge in [0.1, 0.15) is 0 Å². The van der Waals surface area contributed by atoms with Crippen LogP contribution in [-0.4, -0.2) is 54.9 Å². The van der Waals surface area contributed by atoms with Crippen LogP contribution in [0.25, 0.3) is 0 Å². The third-order valence-electron chi connectivity index (χ3n) is 5.05. The van der Waals surface area contributed by atoms with Crippen molar-refractivity contribution in [1.82, 2.24) is 9.80 Å². The summed E-state index contributed by atoms with van der Waals surface area (Å²) < 4.78 is 0. The van der Waals surface area contributed by atoms with E-state index < -0.39 is 0 Å². The minimum Gasteiger partial charge on any atom is -0.301 e. The first-order valence-corrected chi connectivity index (χ1v) is 8.99. The average molecular weight is 307 g/mol. The minimum atomic E-state index is 0.745. The van der Waals surface area contributed by atoms with Crippen molar-refractivity contribution in [2.75, 3.05) is 45.1 Å².